The van der Waals surface area contributed by atoms with E-state index >= 15 is 0 Å². The standard InChI is InChI=1S/C13H13BrO3S/c1-2-8-9(12(15)13(16)17)5-6-10(11(8)14)18-7-3-4-7/h5-7H,2-4H2,1H3,(H,16,17). The van der Waals surface area contributed by atoms with Crippen LogP contribution in [0.1, 0.15) is 35.7 Å². The molecular weight excluding hydrogens is 316 g/mol. The smallest absolute Gasteiger partial charge is 0.377 e. The Morgan fingerprint density at radius 3 is 2.61 bits per heavy atom. The Kier molecular flexibility index (Phi) is 4.12. The number of carboxylic acids is 1. The fraction of sp³-hybridized carbons (Fsp3) is 0.385. The molecule has 0 radical (unpaired) electrons. The zero-order valence-electron chi connectivity index (χ0n) is 9.90. The fourth-order valence-electron chi connectivity index (χ4n) is 1.73. The van der Waals surface area contributed by atoms with Crippen LogP contribution in [0.25, 0.3) is 0 Å². The monoisotopic (exact) mass is 328 g/mol. The SMILES string of the molecule is CCc1c(C(=O)C(=O)O)ccc(SC2CC2)c1Br. The molecule has 1 aliphatic rings. The van der Waals surface area contributed by atoms with Crippen molar-refractivity contribution in [2.45, 2.75) is 36.3 Å². The van der Waals surface area contributed by atoms with Crippen molar-refractivity contribution in [1.29, 1.82) is 0 Å². The number of benzene rings is 1. The van der Waals surface area contributed by atoms with E-state index in [0.29, 0.717) is 11.7 Å². The second-order valence-electron chi connectivity index (χ2n) is 4.21. The maximum absolute atomic E-state index is 11.6. The highest BCUT2D eigenvalue weighted by atomic mass is 79.9. The number of carboxylic acid groups (broad SMARTS) is 1. The molecule has 96 valence electrons. The first-order valence-corrected chi connectivity index (χ1v) is 7.47. The number of carbonyl (C=O) groups is 2. The lowest BCUT2D eigenvalue weighted by atomic mass is 10.0. The van der Waals surface area contributed by atoms with E-state index in [2.05, 4.69) is 15.9 Å². The van der Waals surface area contributed by atoms with Crippen LogP contribution in [0.2, 0.25) is 0 Å². The number of carbonyl (C=O) groups excluding carboxylic acids is 1. The molecule has 1 N–H and O–H groups in total. The van der Waals surface area contributed by atoms with Gasteiger partial charge in [0.05, 0.1) is 0 Å². The largest absolute Gasteiger partial charge is 0.475 e. The summed E-state index contributed by atoms with van der Waals surface area (Å²) in [6.45, 7) is 1.92. The first-order chi connectivity index (χ1) is 8.54. The first-order valence-electron chi connectivity index (χ1n) is 5.80. The van der Waals surface area contributed by atoms with Gasteiger partial charge in [-0.2, -0.15) is 0 Å². The Morgan fingerprint density at radius 1 is 1.44 bits per heavy atom. The number of rotatable bonds is 5. The molecule has 0 spiro atoms. The minimum Gasteiger partial charge on any atom is -0.475 e. The van der Waals surface area contributed by atoms with Crippen LogP contribution < -0.4 is 0 Å². The van der Waals surface area contributed by atoms with Gasteiger partial charge in [-0.1, -0.05) is 6.92 Å². The van der Waals surface area contributed by atoms with Crippen molar-refractivity contribution in [3.05, 3.63) is 27.7 Å². The molecule has 1 aliphatic carbocycles. The molecule has 0 heterocycles. The summed E-state index contributed by atoms with van der Waals surface area (Å²) in [7, 11) is 0. The zero-order chi connectivity index (χ0) is 13.3. The molecule has 1 aromatic rings. The third kappa shape index (κ3) is 2.78. The molecule has 0 unspecified atom stereocenters. The van der Waals surface area contributed by atoms with Gasteiger partial charge in [-0.05, 0) is 52.9 Å². The van der Waals surface area contributed by atoms with Gasteiger partial charge in [0.2, 0.25) is 0 Å². The third-order valence-corrected chi connectivity index (χ3v) is 5.39. The van der Waals surface area contributed by atoms with Gasteiger partial charge in [0, 0.05) is 20.2 Å². The first kappa shape index (κ1) is 13.6. The van der Waals surface area contributed by atoms with E-state index in [-0.39, 0.29) is 5.56 Å². The van der Waals surface area contributed by atoms with Gasteiger partial charge in [0.1, 0.15) is 0 Å². The van der Waals surface area contributed by atoms with Crippen molar-refractivity contribution < 1.29 is 14.7 Å². The van der Waals surface area contributed by atoms with E-state index in [9.17, 15) is 9.59 Å². The summed E-state index contributed by atoms with van der Waals surface area (Å²) in [6.07, 6.45) is 3.09. The second kappa shape index (κ2) is 5.45. The molecule has 0 aromatic heterocycles. The van der Waals surface area contributed by atoms with Gasteiger partial charge in [-0.3, -0.25) is 4.79 Å². The molecule has 0 amide bonds. The summed E-state index contributed by atoms with van der Waals surface area (Å²) in [5, 5.41) is 9.47. The van der Waals surface area contributed by atoms with Gasteiger partial charge in [0.25, 0.3) is 5.78 Å². The quantitative estimate of drug-likeness (QED) is 0.663. The fourth-order valence-corrected chi connectivity index (χ4v) is 3.74. The predicted molar refractivity (Wildman–Crippen MR) is 74.4 cm³/mol. The summed E-state index contributed by atoms with van der Waals surface area (Å²) in [5.74, 6) is -2.24. The highest BCUT2D eigenvalue weighted by molar-refractivity contribution is 9.10. The van der Waals surface area contributed by atoms with E-state index in [1.54, 1.807) is 17.8 Å². The van der Waals surface area contributed by atoms with Gasteiger partial charge in [-0.25, -0.2) is 4.79 Å². The average molecular weight is 329 g/mol. The van der Waals surface area contributed by atoms with Crippen LogP contribution in [-0.2, 0) is 11.2 Å². The van der Waals surface area contributed by atoms with Crippen LogP contribution in [0, 0.1) is 0 Å². The number of aliphatic carboxylic acids is 1. The van der Waals surface area contributed by atoms with E-state index in [4.69, 9.17) is 5.11 Å². The van der Waals surface area contributed by atoms with Crippen LogP contribution in [0.4, 0.5) is 0 Å². The highest BCUT2D eigenvalue weighted by Gasteiger charge is 2.26. The number of hydrogen-bond donors (Lipinski definition) is 1. The van der Waals surface area contributed by atoms with Gasteiger partial charge in [0.15, 0.2) is 0 Å². The van der Waals surface area contributed by atoms with E-state index in [0.717, 1.165) is 14.9 Å². The number of thioether (sulfide) groups is 1. The summed E-state index contributed by atoms with van der Waals surface area (Å²) in [6, 6.07) is 3.47. The van der Waals surface area contributed by atoms with Gasteiger partial charge < -0.3 is 5.11 Å². The Bertz CT molecular complexity index is 509. The number of ketones is 1. The molecular formula is C13H13BrO3S. The third-order valence-electron chi connectivity index (χ3n) is 2.82. The minimum absolute atomic E-state index is 0.289. The molecule has 0 bridgehead atoms. The van der Waals surface area contributed by atoms with Crippen molar-refractivity contribution in [1.82, 2.24) is 0 Å². The van der Waals surface area contributed by atoms with Crippen molar-refractivity contribution in [2.24, 2.45) is 0 Å². The van der Waals surface area contributed by atoms with Crippen molar-refractivity contribution >= 4 is 39.4 Å². The predicted octanol–water partition coefficient (Wildman–Crippen LogP) is 3.53. The molecule has 18 heavy (non-hydrogen) atoms. The minimum atomic E-state index is -1.40. The van der Waals surface area contributed by atoms with E-state index < -0.39 is 11.8 Å². The van der Waals surface area contributed by atoms with Crippen LogP contribution >= 0.6 is 27.7 Å². The molecule has 1 fully saturated rings. The van der Waals surface area contributed by atoms with Crippen molar-refractivity contribution in [3.63, 3.8) is 0 Å². The highest BCUT2D eigenvalue weighted by Crippen LogP contribution is 2.43. The van der Waals surface area contributed by atoms with E-state index in [1.165, 1.54) is 12.8 Å². The molecule has 0 aliphatic heterocycles. The Morgan fingerprint density at radius 2 is 2.11 bits per heavy atom. The van der Waals surface area contributed by atoms with Gasteiger partial charge >= 0.3 is 5.97 Å². The second-order valence-corrected chi connectivity index (χ2v) is 6.34. The summed E-state index contributed by atoms with van der Waals surface area (Å²) >= 11 is 5.29. The number of hydrogen-bond acceptors (Lipinski definition) is 3. The van der Waals surface area contributed by atoms with Crippen LogP contribution in [0.3, 0.4) is 0 Å². The molecule has 2 rings (SSSR count). The molecule has 1 aromatic carbocycles. The normalized spacial score (nSPS) is 14.6. The lowest BCUT2D eigenvalue weighted by Crippen LogP contribution is -2.15. The van der Waals surface area contributed by atoms with Crippen molar-refractivity contribution in [2.75, 3.05) is 0 Å². The lowest BCUT2D eigenvalue weighted by molar-refractivity contribution is -0.131. The van der Waals surface area contributed by atoms with Gasteiger partial charge in [-0.15, -0.1) is 11.8 Å². The number of halogens is 1. The maximum Gasteiger partial charge on any atom is 0.377 e. The molecule has 0 atom stereocenters. The maximum atomic E-state index is 11.6. The van der Waals surface area contributed by atoms with Crippen LogP contribution in [-0.4, -0.2) is 22.1 Å². The lowest BCUT2D eigenvalue weighted by Gasteiger charge is -2.11. The molecule has 1 saturated carbocycles. The summed E-state index contributed by atoms with van der Waals surface area (Å²) in [4.78, 5) is 23.5. The Balaban J connectivity index is 2.39. The topological polar surface area (TPSA) is 54.4 Å². The Hall–Kier alpha value is -0.810. The zero-order valence-corrected chi connectivity index (χ0v) is 12.3. The molecule has 3 nitrogen and oxygen atoms in total. The number of Topliss-reactive ketones (excluding diaryl/α,β-unsaturated/α-hetero) is 1. The average Bonchev–Trinajstić information content (AvgIpc) is 3.14. The van der Waals surface area contributed by atoms with Crippen molar-refractivity contribution in [3.8, 4) is 0 Å². The molecule has 5 heteroatoms. The Labute approximate surface area is 118 Å². The summed E-state index contributed by atoms with van der Waals surface area (Å²) in [5.41, 5.74) is 1.07. The van der Waals surface area contributed by atoms with Crippen LogP contribution in [0.5, 0.6) is 0 Å². The molecule has 0 saturated heterocycles. The van der Waals surface area contributed by atoms with Crippen LogP contribution in [0.15, 0.2) is 21.5 Å². The summed E-state index contributed by atoms with van der Waals surface area (Å²) < 4.78 is 0.869. The van der Waals surface area contributed by atoms with E-state index in [1.807, 2.05) is 13.0 Å².